The first-order chi connectivity index (χ1) is 7.33. The first kappa shape index (κ1) is 12.0. The Bertz CT molecular complexity index is 281. The number of furan rings is 1. The van der Waals surface area contributed by atoms with E-state index in [0.29, 0.717) is 0 Å². The first-order valence-corrected chi connectivity index (χ1v) is 5.27. The second kappa shape index (κ2) is 7.26. The molecule has 1 N–H and O–H groups in total. The summed E-state index contributed by atoms with van der Waals surface area (Å²) in [5, 5.41) is 3.25. The largest absolute Gasteiger partial charge is 0.465 e. The number of rotatable bonds is 8. The number of hydrogen-bond donors (Lipinski definition) is 1. The van der Waals surface area contributed by atoms with Gasteiger partial charge >= 0.3 is 0 Å². The SMILES string of the molecule is C=CCCOCCNCc1ccc(C)o1. The van der Waals surface area contributed by atoms with Gasteiger partial charge in [-0.2, -0.15) is 0 Å². The van der Waals surface area contributed by atoms with Crippen molar-refractivity contribution in [3.05, 3.63) is 36.3 Å². The third kappa shape index (κ3) is 5.40. The van der Waals surface area contributed by atoms with Crippen LogP contribution in [0.15, 0.2) is 29.2 Å². The second-order valence-corrected chi connectivity index (χ2v) is 3.38. The van der Waals surface area contributed by atoms with Crippen molar-refractivity contribution in [1.29, 1.82) is 0 Å². The standard InChI is InChI=1S/C12H19NO2/c1-3-4-8-14-9-7-13-10-12-6-5-11(2)15-12/h3,5-6,13H,1,4,7-10H2,2H3. The quantitative estimate of drug-likeness (QED) is 0.527. The van der Waals surface area contributed by atoms with Gasteiger partial charge in [-0.05, 0) is 25.5 Å². The molecule has 0 aromatic carbocycles. The number of nitrogens with one attached hydrogen (secondary N) is 1. The Labute approximate surface area is 91.1 Å². The van der Waals surface area contributed by atoms with Crippen LogP contribution in [0.1, 0.15) is 17.9 Å². The van der Waals surface area contributed by atoms with Gasteiger partial charge in [-0.1, -0.05) is 6.08 Å². The number of aryl methyl sites for hydroxylation is 1. The molecule has 3 nitrogen and oxygen atoms in total. The van der Waals surface area contributed by atoms with E-state index in [1.54, 1.807) is 0 Å². The molecule has 1 heterocycles. The highest BCUT2D eigenvalue weighted by atomic mass is 16.5. The summed E-state index contributed by atoms with van der Waals surface area (Å²) in [5.74, 6) is 1.92. The summed E-state index contributed by atoms with van der Waals surface area (Å²) in [4.78, 5) is 0. The van der Waals surface area contributed by atoms with E-state index in [1.165, 1.54) is 0 Å². The molecular weight excluding hydrogens is 190 g/mol. The van der Waals surface area contributed by atoms with E-state index in [0.717, 1.165) is 44.2 Å². The minimum absolute atomic E-state index is 0.730. The summed E-state index contributed by atoms with van der Waals surface area (Å²) in [5.41, 5.74) is 0. The average molecular weight is 209 g/mol. The van der Waals surface area contributed by atoms with Crippen LogP contribution in [-0.2, 0) is 11.3 Å². The molecule has 0 bridgehead atoms. The van der Waals surface area contributed by atoms with E-state index in [9.17, 15) is 0 Å². The molecule has 0 spiro atoms. The molecule has 0 saturated heterocycles. The van der Waals surface area contributed by atoms with Gasteiger partial charge in [0.1, 0.15) is 11.5 Å². The molecule has 3 heteroatoms. The molecule has 84 valence electrons. The summed E-state index contributed by atoms with van der Waals surface area (Å²) >= 11 is 0. The molecule has 1 aromatic rings. The van der Waals surface area contributed by atoms with Gasteiger partial charge in [0.25, 0.3) is 0 Å². The van der Waals surface area contributed by atoms with Crippen LogP contribution in [0.5, 0.6) is 0 Å². The molecule has 1 rings (SSSR count). The lowest BCUT2D eigenvalue weighted by Crippen LogP contribution is -2.19. The van der Waals surface area contributed by atoms with Crippen LogP contribution in [0, 0.1) is 6.92 Å². The molecular formula is C12H19NO2. The maximum atomic E-state index is 5.41. The zero-order valence-corrected chi connectivity index (χ0v) is 9.29. The zero-order chi connectivity index (χ0) is 10.9. The number of ether oxygens (including phenoxy) is 1. The van der Waals surface area contributed by atoms with Crippen molar-refractivity contribution in [2.75, 3.05) is 19.8 Å². The third-order valence-corrected chi connectivity index (χ3v) is 1.98. The van der Waals surface area contributed by atoms with Gasteiger partial charge in [0.2, 0.25) is 0 Å². The van der Waals surface area contributed by atoms with E-state index in [1.807, 2.05) is 25.1 Å². The summed E-state index contributed by atoms with van der Waals surface area (Å²) in [6.45, 7) is 8.67. The van der Waals surface area contributed by atoms with E-state index < -0.39 is 0 Å². The smallest absolute Gasteiger partial charge is 0.117 e. The highest BCUT2D eigenvalue weighted by molar-refractivity contribution is 5.04. The Morgan fingerprint density at radius 1 is 1.47 bits per heavy atom. The minimum atomic E-state index is 0.730. The Balaban J connectivity index is 1.95. The van der Waals surface area contributed by atoms with E-state index in [-0.39, 0.29) is 0 Å². The summed E-state index contributed by atoms with van der Waals surface area (Å²) in [7, 11) is 0. The van der Waals surface area contributed by atoms with Crippen molar-refractivity contribution in [2.45, 2.75) is 19.9 Å². The van der Waals surface area contributed by atoms with E-state index in [2.05, 4.69) is 11.9 Å². The van der Waals surface area contributed by atoms with Crippen molar-refractivity contribution in [2.24, 2.45) is 0 Å². The lowest BCUT2D eigenvalue weighted by molar-refractivity contribution is 0.140. The molecule has 0 amide bonds. The molecule has 1 aromatic heterocycles. The predicted molar refractivity (Wildman–Crippen MR) is 60.8 cm³/mol. The van der Waals surface area contributed by atoms with Gasteiger partial charge in [0.15, 0.2) is 0 Å². The van der Waals surface area contributed by atoms with Gasteiger partial charge < -0.3 is 14.5 Å². The van der Waals surface area contributed by atoms with Gasteiger partial charge in [-0.25, -0.2) is 0 Å². The van der Waals surface area contributed by atoms with E-state index in [4.69, 9.17) is 9.15 Å². The lowest BCUT2D eigenvalue weighted by atomic mass is 10.4. The molecule has 0 aliphatic rings. The molecule has 0 fully saturated rings. The molecule has 0 saturated carbocycles. The Hall–Kier alpha value is -1.06. The van der Waals surface area contributed by atoms with Crippen LogP contribution in [0.4, 0.5) is 0 Å². The molecule has 0 atom stereocenters. The van der Waals surface area contributed by atoms with Gasteiger partial charge in [0.05, 0.1) is 19.8 Å². The molecule has 0 unspecified atom stereocenters. The van der Waals surface area contributed by atoms with Crippen LogP contribution in [-0.4, -0.2) is 19.8 Å². The summed E-state index contributed by atoms with van der Waals surface area (Å²) < 4.78 is 10.8. The Morgan fingerprint density at radius 2 is 2.33 bits per heavy atom. The fraction of sp³-hybridized carbons (Fsp3) is 0.500. The third-order valence-electron chi connectivity index (χ3n) is 1.98. The minimum Gasteiger partial charge on any atom is -0.465 e. The highest BCUT2D eigenvalue weighted by Gasteiger charge is 1.96. The fourth-order valence-corrected chi connectivity index (χ4v) is 1.20. The summed E-state index contributed by atoms with van der Waals surface area (Å²) in [6, 6.07) is 3.96. The number of hydrogen-bond acceptors (Lipinski definition) is 3. The summed E-state index contributed by atoms with van der Waals surface area (Å²) in [6.07, 6.45) is 2.77. The van der Waals surface area contributed by atoms with Crippen molar-refractivity contribution >= 4 is 0 Å². The maximum Gasteiger partial charge on any atom is 0.117 e. The average Bonchev–Trinajstić information content (AvgIpc) is 2.63. The monoisotopic (exact) mass is 209 g/mol. The van der Waals surface area contributed by atoms with Gasteiger partial charge in [-0.15, -0.1) is 6.58 Å². The van der Waals surface area contributed by atoms with Crippen LogP contribution in [0.2, 0.25) is 0 Å². The molecule has 0 aliphatic carbocycles. The van der Waals surface area contributed by atoms with Crippen molar-refractivity contribution < 1.29 is 9.15 Å². The Morgan fingerprint density at radius 3 is 3.00 bits per heavy atom. The highest BCUT2D eigenvalue weighted by Crippen LogP contribution is 2.04. The van der Waals surface area contributed by atoms with Gasteiger partial charge in [0, 0.05) is 6.54 Å². The lowest BCUT2D eigenvalue weighted by Gasteiger charge is -2.03. The van der Waals surface area contributed by atoms with Crippen molar-refractivity contribution in [3.8, 4) is 0 Å². The van der Waals surface area contributed by atoms with Crippen molar-refractivity contribution in [3.63, 3.8) is 0 Å². The van der Waals surface area contributed by atoms with Crippen LogP contribution in [0.3, 0.4) is 0 Å². The second-order valence-electron chi connectivity index (χ2n) is 3.38. The molecule has 0 radical (unpaired) electrons. The normalized spacial score (nSPS) is 10.5. The molecule has 15 heavy (non-hydrogen) atoms. The van der Waals surface area contributed by atoms with Crippen LogP contribution >= 0.6 is 0 Å². The Kier molecular flexibility index (Phi) is 5.81. The zero-order valence-electron chi connectivity index (χ0n) is 9.29. The van der Waals surface area contributed by atoms with Gasteiger partial charge in [-0.3, -0.25) is 0 Å². The van der Waals surface area contributed by atoms with Crippen LogP contribution < -0.4 is 5.32 Å². The van der Waals surface area contributed by atoms with Crippen LogP contribution in [0.25, 0.3) is 0 Å². The maximum absolute atomic E-state index is 5.41. The predicted octanol–water partition coefficient (Wildman–Crippen LogP) is 2.27. The molecule has 0 aliphatic heterocycles. The van der Waals surface area contributed by atoms with Crippen molar-refractivity contribution in [1.82, 2.24) is 5.32 Å². The first-order valence-electron chi connectivity index (χ1n) is 5.27. The topological polar surface area (TPSA) is 34.4 Å². The fourth-order valence-electron chi connectivity index (χ4n) is 1.20. The van der Waals surface area contributed by atoms with E-state index >= 15 is 0 Å².